The molecule has 0 aliphatic heterocycles. The fraction of sp³-hybridized carbons (Fsp3) is 0.950. The van der Waals surface area contributed by atoms with Gasteiger partial charge in [0.1, 0.15) is 0 Å². The predicted octanol–water partition coefficient (Wildman–Crippen LogP) is 6.48. The molecule has 22 heavy (non-hydrogen) atoms. The van der Waals surface area contributed by atoms with Crippen molar-refractivity contribution in [2.75, 3.05) is 0 Å². The number of carbonyl (C=O) groups excluding carboxylic acids is 1. The van der Waals surface area contributed by atoms with Crippen LogP contribution in [-0.2, 0) is 9.53 Å². The van der Waals surface area contributed by atoms with Gasteiger partial charge in [0.25, 0.3) is 0 Å². The van der Waals surface area contributed by atoms with E-state index in [9.17, 15) is 4.79 Å². The van der Waals surface area contributed by atoms with Gasteiger partial charge in [-0.3, -0.25) is 4.79 Å². The van der Waals surface area contributed by atoms with Crippen LogP contribution in [0.3, 0.4) is 0 Å². The predicted molar refractivity (Wildman–Crippen MR) is 98.0 cm³/mol. The van der Waals surface area contributed by atoms with E-state index in [0.717, 1.165) is 12.3 Å². The SMILES string of the molecule is CCC(C)C(C)(C)C.CCC(C)OC(=O)CC(C)C(C)(C)C. The van der Waals surface area contributed by atoms with Gasteiger partial charge in [-0.1, -0.05) is 75.7 Å². The monoisotopic (exact) mass is 314 g/mol. The first-order chi connectivity index (χ1) is 9.75. The molecule has 0 radical (unpaired) electrons. The summed E-state index contributed by atoms with van der Waals surface area (Å²) in [7, 11) is 0. The van der Waals surface area contributed by atoms with E-state index in [1.165, 1.54) is 6.42 Å². The molecule has 0 aromatic rings. The van der Waals surface area contributed by atoms with Crippen LogP contribution in [0, 0.1) is 22.7 Å². The number of carbonyl (C=O) groups is 1. The molecule has 3 unspecified atom stereocenters. The summed E-state index contributed by atoms with van der Waals surface area (Å²) in [4.78, 5) is 11.4. The summed E-state index contributed by atoms with van der Waals surface area (Å²) in [6.45, 7) is 23.9. The first-order valence-corrected chi connectivity index (χ1v) is 8.95. The molecular formula is C20H42O2. The quantitative estimate of drug-likeness (QED) is 0.543. The van der Waals surface area contributed by atoms with E-state index in [1.807, 2.05) is 13.8 Å². The van der Waals surface area contributed by atoms with Crippen LogP contribution < -0.4 is 0 Å². The van der Waals surface area contributed by atoms with Gasteiger partial charge in [0, 0.05) is 6.42 Å². The minimum absolute atomic E-state index is 0.0506. The van der Waals surface area contributed by atoms with Gasteiger partial charge in [0.2, 0.25) is 0 Å². The molecule has 0 N–H and O–H groups in total. The van der Waals surface area contributed by atoms with E-state index in [-0.39, 0.29) is 17.5 Å². The Balaban J connectivity index is 0. The van der Waals surface area contributed by atoms with Crippen molar-refractivity contribution in [1.82, 2.24) is 0 Å². The number of hydrogen-bond acceptors (Lipinski definition) is 2. The Morgan fingerprint density at radius 1 is 0.818 bits per heavy atom. The van der Waals surface area contributed by atoms with Crippen LogP contribution in [0.1, 0.15) is 95.4 Å². The van der Waals surface area contributed by atoms with E-state index in [4.69, 9.17) is 4.74 Å². The summed E-state index contributed by atoms with van der Waals surface area (Å²) in [6, 6.07) is 0. The maximum absolute atomic E-state index is 11.4. The molecule has 3 atom stereocenters. The zero-order valence-electron chi connectivity index (χ0n) is 17.2. The Hall–Kier alpha value is -0.530. The van der Waals surface area contributed by atoms with E-state index in [0.29, 0.717) is 17.8 Å². The van der Waals surface area contributed by atoms with E-state index in [2.05, 4.69) is 62.3 Å². The molecule has 134 valence electrons. The van der Waals surface area contributed by atoms with Crippen molar-refractivity contribution < 1.29 is 9.53 Å². The molecule has 0 amide bonds. The van der Waals surface area contributed by atoms with Gasteiger partial charge >= 0.3 is 5.97 Å². The molecule has 0 aromatic carbocycles. The van der Waals surface area contributed by atoms with E-state index in [1.54, 1.807) is 0 Å². The lowest BCUT2D eigenvalue weighted by molar-refractivity contribution is -0.150. The number of ether oxygens (including phenoxy) is 1. The van der Waals surface area contributed by atoms with Gasteiger partial charge in [-0.05, 0) is 36.0 Å². The summed E-state index contributed by atoms with van der Waals surface area (Å²) >= 11 is 0. The number of rotatable bonds is 5. The van der Waals surface area contributed by atoms with Gasteiger partial charge in [0.05, 0.1) is 6.10 Å². The molecule has 0 aliphatic carbocycles. The minimum atomic E-state index is -0.0678. The van der Waals surface area contributed by atoms with Gasteiger partial charge < -0.3 is 4.74 Å². The molecule has 2 heteroatoms. The van der Waals surface area contributed by atoms with Crippen molar-refractivity contribution >= 4 is 5.97 Å². The first kappa shape index (κ1) is 23.7. The van der Waals surface area contributed by atoms with Crippen LogP contribution >= 0.6 is 0 Å². The zero-order valence-corrected chi connectivity index (χ0v) is 17.2. The number of esters is 1. The van der Waals surface area contributed by atoms with Crippen LogP contribution in [0.2, 0.25) is 0 Å². The summed E-state index contributed by atoms with van der Waals surface area (Å²) in [5.74, 6) is 1.14. The van der Waals surface area contributed by atoms with Gasteiger partial charge in [-0.2, -0.15) is 0 Å². The second-order valence-electron chi connectivity index (χ2n) is 8.86. The highest BCUT2D eigenvalue weighted by atomic mass is 16.5. The van der Waals surface area contributed by atoms with Crippen LogP contribution in [0.15, 0.2) is 0 Å². The first-order valence-electron chi connectivity index (χ1n) is 8.95. The maximum atomic E-state index is 11.4. The number of hydrogen-bond donors (Lipinski definition) is 0. The molecule has 0 saturated heterocycles. The van der Waals surface area contributed by atoms with Gasteiger partial charge in [-0.15, -0.1) is 0 Å². The fourth-order valence-corrected chi connectivity index (χ4v) is 1.52. The van der Waals surface area contributed by atoms with Crippen molar-refractivity contribution in [2.24, 2.45) is 22.7 Å². The lowest BCUT2D eigenvalue weighted by Gasteiger charge is -2.26. The van der Waals surface area contributed by atoms with Crippen LogP contribution in [-0.4, -0.2) is 12.1 Å². The molecule has 0 bridgehead atoms. The third kappa shape index (κ3) is 12.1. The van der Waals surface area contributed by atoms with Crippen LogP contribution in [0.4, 0.5) is 0 Å². The maximum Gasteiger partial charge on any atom is 0.306 e. The van der Waals surface area contributed by atoms with Crippen molar-refractivity contribution in [1.29, 1.82) is 0 Å². The smallest absolute Gasteiger partial charge is 0.306 e. The molecule has 0 rings (SSSR count). The average molecular weight is 315 g/mol. The standard InChI is InChI=1S/C12H24O2.C8H18/c1-7-10(3)14-11(13)8-9(2)12(4,5)6;1-6-7(2)8(3,4)5/h9-10H,7-8H2,1-6H3;7H,6H2,1-5H3. The molecule has 0 spiro atoms. The summed E-state index contributed by atoms with van der Waals surface area (Å²) in [5.41, 5.74) is 0.684. The second kappa shape index (κ2) is 10.3. The van der Waals surface area contributed by atoms with Crippen LogP contribution in [0.25, 0.3) is 0 Å². The Morgan fingerprint density at radius 3 is 1.45 bits per heavy atom. The third-order valence-corrected chi connectivity index (χ3v) is 4.95. The molecule has 0 aromatic heterocycles. The third-order valence-electron chi connectivity index (χ3n) is 4.95. The Labute approximate surface area is 140 Å². The molecule has 0 saturated carbocycles. The van der Waals surface area contributed by atoms with Gasteiger partial charge in [-0.25, -0.2) is 0 Å². The fourth-order valence-electron chi connectivity index (χ4n) is 1.52. The lowest BCUT2D eigenvalue weighted by Crippen LogP contribution is -2.23. The minimum Gasteiger partial charge on any atom is -0.463 e. The lowest BCUT2D eigenvalue weighted by atomic mass is 9.80. The highest BCUT2D eigenvalue weighted by Crippen LogP contribution is 2.28. The molecule has 0 heterocycles. The Kier molecular flexibility index (Phi) is 11.1. The Bertz CT molecular complexity index is 294. The normalized spacial score (nSPS) is 16.1. The van der Waals surface area contributed by atoms with Crippen molar-refractivity contribution in [2.45, 2.75) is 102 Å². The molecule has 0 fully saturated rings. The van der Waals surface area contributed by atoms with E-state index >= 15 is 0 Å². The molecular weight excluding hydrogens is 272 g/mol. The summed E-state index contributed by atoms with van der Waals surface area (Å²) < 4.78 is 5.23. The topological polar surface area (TPSA) is 26.3 Å². The molecule has 2 nitrogen and oxygen atoms in total. The van der Waals surface area contributed by atoms with Crippen molar-refractivity contribution in [3.05, 3.63) is 0 Å². The van der Waals surface area contributed by atoms with E-state index < -0.39 is 0 Å². The van der Waals surface area contributed by atoms with Crippen LogP contribution in [0.5, 0.6) is 0 Å². The molecule has 0 aliphatic rings. The highest BCUT2D eigenvalue weighted by Gasteiger charge is 2.23. The van der Waals surface area contributed by atoms with Crippen molar-refractivity contribution in [3.8, 4) is 0 Å². The zero-order chi connectivity index (χ0) is 18.1. The Morgan fingerprint density at radius 2 is 1.23 bits per heavy atom. The average Bonchev–Trinajstić information content (AvgIpc) is 2.35. The van der Waals surface area contributed by atoms with Crippen molar-refractivity contribution in [3.63, 3.8) is 0 Å². The largest absolute Gasteiger partial charge is 0.463 e. The summed E-state index contributed by atoms with van der Waals surface area (Å²) in [6.07, 6.45) is 2.75. The summed E-state index contributed by atoms with van der Waals surface area (Å²) in [5, 5.41) is 0. The highest BCUT2D eigenvalue weighted by molar-refractivity contribution is 5.69. The van der Waals surface area contributed by atoms with Gasteiger partial charge in [0.15, 0.2) is 0 Å². The second-order valence-corrected chi connectivity index (χ2v) is 8.86.